The molecule has 0 aliphatic rings. The average Bonchev–Trinajstić information content (AvgIpc) is 3.17. The maximum atomic E-state index is 12.2. The van der Waals surface area contributed by atoms with E-state index in [1.54, 1.807) is 30.5 Å². The molecule has 1 N–H and O–H groups in total. The molecule has 0 fully saturated rings. The minimum atomic E-state index is -0.146. The van der Waals surface area contributed by atoms with Gasteiger partial charge in [-0.1, -0.05) is 17.8 Å². The van der Waals surface area contributed by atoms with E-state index in [1.807, 2.05) is 32.0 Å². The lowest BCUT2D eigenvalue weighted by Crippen LogP contribution is -2.14. The third-order valence-electron chi connectivity index (χ3n) is 3.88. The van der Waals surface area contributed by atoms with Crippen LogP contribution in [0.1, 0.15) is 16.7 Å². The highest BCUT2D eigenvalue weighted by Crippen LogP contribution is 2.25. The number of thioether (sulfide) groups is 1. The SMILES string of the molecule is Cc1ccc(NC(=O)CSc2nc(-c3ccco3)ccc2C#N)cc1C. The average molecular weight is 363 g/mol. The highest BCUT2D eigenvalue weighted by atomic mass is 32.2. The minimum Gasteiger partial charge on any atom is -0.463 e. The van der Waals surface area contributed by atoms with Crippen LogP contribution in [0.15, 0.2) is 58.2 Å². The van der Waals surface area contributed by atoms with Crippen LogP contribution in [-0.2, 0) is 4.79 Å². The number of pyridine rings is 1. The van der Waals surface area contributed by atoms with Gasteiger partial charge in [0.1, 0.15) is 16.8 Å². The lowest BCUT2D eigenvalue weighted by atomic mass is 10.1. The molecule has 6 heteroatoms. The van der Waals surface area contributed by atoms with E-state index < -0.39 is 0 Å². The van der Waals surface area contributed by atoms with Gasteiger partial charge in [-0.2, -0.15) is 5.26 Å². The van der Waals surface area contributed by atoms with Crippen LogP contribution in [0.5, 0.6) is 0 Å². The molecular weight excluding hydrogens is 346 g/mol. The van der Waals surface area contributed by atoms with Crippen LogP contribution in [0.2, 0.25) is 0 Å². The maximum absolute atomic E-state index is 12.2. The van der Waals surface area contributed by atoms with Crippen LogP contribution < -0.4 is 5.32 Å². The number of benzene rings is 1. The molecule has 0 atom stereocenters. The lowest BCUT2D eigenvalue weighted by molar-refractivity contribution is -0.113. The number of nitriles is 1. The number of amides is 1. The van der Waals surface area contributed by atoms with Gasteiger partial charge in [0.25, 0.3) is 0 Å². The van der Waals surface area contributed by atoms with Crippen molar-refractivity contribution in [1.29, 1.82) is 5.26 Å². The van der Waals surface area contributed by atoms with E-state index in [4.69, 9.17) is 4.42 Å². The van der Waals surface area contributed by atoms with E-state index in [9.17, 15) is 10.1 Å². The van der Waals surface area contributed by atoms with Crippen molar-refractivity contribution in [2.75, 3.05) is 11.1 Å². The Hall–Kier alpha value is -3.04. The summed E-state index contributed by atoms with van der Waals surface area (Å²) in [5.41, 5.74) is 4.12. The molecule has 26 heavy (non-hydrogen) atoms. The Labute approximate surface area is 156 Å². The van der Waals surface area contributed by atoms with Crippen molar-refractivity contribution in [2.24, 2.45) is 0 Å². The Morgan fingerprint density at radius 3 is 2.77 bits per heavy atom. The third kappa shape index (κ3) is 4.13. The topological polar surface area (TPSA) is 78.9 Å². The van der Waals surface area contributed by atoms with E-state index in [1.165, 1.54) is 17.3 Å². The number of carbonyl (C=O) groups excluding carboxylic acids is 1. The van der Waals surface area contributed by atoms with Crippen molar-refractivity contribution >= 4 is 23.4 Å². The van der Waals surface area contributed by atoms with Gasteiger partial charge in [0.05, 0.1) is 17.6 Å². The van der Waals surface area contributed by atoms with Gasteiger partial charge >= 0.3 is 0 Å². The van der Waals surface area contributed by atoms with Gasteiger partial charge in [-0.3, -0.25) is 4.79 Å². The van der Waals surface area contributed by atoms with Gasteiger partial charge in [-0.05, 0) is 61.4 Å². The van der Waals surface area contributed by atoms with Crippen molar-refractivity contribution in [3.63, 3.8) is 0 Å². The highest BCUT2D eigenvalue weighted by Gasteiger charge is 2.12. The van der Waals surface area contributed by atoms with Crippen LogP contribution in [-0.4, -0.2) is 16.6 Å². The van der Waals surface area contributed by atoms with Crippen molar-refractivity contribution < 1.29 is 9.21 Å². The predicted octanol–water partition coefficient (Wildman–Crippen LogP) is 4.56. The highest BCUT2D eigenvalue weighted by molar-refractivity contribution is 8.00. The molecule has 3 aromatic rings. The predicted molar refractivity (Wildman–Crippen MR) is 102 cm³/mol. The summed E-state index contributed by atoms with van der Waals surface area (Å²) < 4.78 is 5.34. The van der Waals surface area contributed by atoms with Gasteiger partial charge in [0, 0.05) is 5.69 Å². The first-order chi connectivity index (χ1) is 12.6. The molecule has 1 aromatic carbocycles. The van der Waals surface area contributed by atoms with Gasteiger partial charge in [-0.15, -0.1) is 0 Å². The van der Waals surface area contributed by atoms with Crippen molar-refractivity contribution in [1.82, 2.24) is 4.98 Å². The first kappa shape index (κ1) is 17.8. The molecular formula is C20H17N3O2S. The fourth-order valence-corrected chi connectivity index (χ4v) is 3.12. The molecule has 3 rings (SSSR count). The molecule has 0 saturated carbocycles. The number of anilines is 1. The van der Waals surface area contributed by atoms with Crippen LogP contribution >= 0.6 is 11.8 Å². The number of hydrogen-bond acceptors (Lipinski definition) is 5. The van der Waals surface area contributed by atoms with E-state index in [-0.39, 0.29) is 11.7 Å². The quantitative estimate of drug-likeness (QED) is 0.672. The van der Waals surface area contributed by atoms with Gasteiger partial charge < -0.3 is 9.73 Å². The third-order valence-corrected chi connectivity index (χ3v) is 4.88. The van der Waals surface area contributed by atoms with Gasteiger partial charge in [0.2, 0.25) is 5.91 Å². The second-order valence-electron chi connectivity index (χ2n) is 5.77. The summed E-state index contributed by atoms with van der Waals surface area (Å²) in [6.07, 6.45) is 1.57. The second-order valence-corrected chi connectivity index (χ2v) is 6.74. The summed E-state index contributed by atoms with van der Waals surface area (Å²) in [5, 5.41) is 12.7. The Bertz CT molecular complexity index is 975. The van der Waals surface area contributed by atoms with Crippen molar-refractivity contribution in [3.05, 3.63) is 65.4 Å². The van der Waals surface area contributed by atoms with Crippen molar-refractivity contribution in [2.45, 2.75) is 18.9 Å². The molecule has 0 spiro atoms. The summed E-state index contributed by atoms with van der Waals surface area (Å²) in [6, 6.07) is 14.9. The van der Waals surface area contributed by atoms with Crippen molar-refractivity contribution in [3.8, 4) is 17.5 Å². The summed E-state index contributed by atoms with van der Waals surface area (Å²) in [6.45, 7) is 4.03. The molecule has 130 valence electrons. The Kier molecular flexibility index (Phi) is 5.40. The summed E-state index contributed by atoms with van der Waals surface area (Å²) in [7, 11) is 0. The lowest BCUT2D eigenvalue weighted by Gasteiger charge is -2.08. The van der Waals surface area contributed by atoms with E-state index in [2.05, 4.69) is 16.4 Å². The standard InChI is InChI=1S/C20H17N3O2S/c1-13-5-7-16(10-14(13)2)22-19(24)12-26-20-15(11-21)6-8-17(23-20)18-4-3-9-25-18/h3-10H,12H2,1-2H3,(H,22,24). The molecule has 2 heterocycles. The van der Waals surface area contributed by atoms with Crippen LogP contribution in [0.3, 0.4) is 0 Å². The zero-order valence-electron chi connectivity index (χ0n) is 14.4. The number of rotatable bonds is 5. The van der Waals surface area contributed by atoms with Crippen LogP contribution in [0.25, 0.3) is 11.5 Å². The summed E-state index contributed by atoms with van der Waals surface area (Å²) in [4.78, 5) is 16.7. The van der Waals surface area contributed by atoms with E-state index in [0.29, 0.717) is 22.0 Å². The van der Waals surface area contributed by atoms with E-state index in [0.717, 1.165) is 11.3 Å². The number of carbonyl (C=O) groups is 1. The number of aryl methyl sites for hydroxylation is 2. The number of aromatic nitrogens is 1. The maximum Gasteiger partial charge on any atom is 0.234 e. The summed E-state index contributed by atoms with van der Waals surface area (Å²) in [5.74, 6) is 0.638. The molecule has 0 aliphatic carbocycles. The number of furan rings is 1. The van der Waals surface area contributed by atoms with Gasteiger partial charge in [-0.25, -0.2) is 4.98 Å². The molecule has 5 nitrogen and oxygen atoms in total. The normalized spacial score (nSPS) is 10.3. The molecule has 1 amide bonds. The smallest absolute Gasteiger partial charge is 0.234 e. The molecule has 2 aromatic heterocycles. The molecule has 0 aliphatic heterocycles. The fourth-order valence-electron chi connectivity index (χ4n) is 2.35. The number of nitrogens with one attached hydrogen (secondary N) is 1. The monoisotopic (exact) mass is 363 g/mol. The Balaban J connectivity index is 1.70. The number of nitrogens with zero attached hydrogens (tertiary/aromatic N) is 2. The second kappa shape index (κ2) is 7.89. The molecule has 0 bridgehead atoms. The first-order valence-corrected chi connectivity index (χ1v) is 9.00. The van der Waals surface area contributed by atoms with Gasteiger partial charge in [0.15, 0.2) is 5.76 Å². The fraction of sp³-hybridized carbons (Fsp3) is 0.150. The summed E-state index contributed by atoms with van der Waals surface area (Å²) >= 11 is 1.23. The largest absolute Gasteiger partial charge is 0.463 e. The van der Waals surface area contributed by atoms with E-state index >= 15 is 0 Å². The first-order valence-electron chi connectivity index (χ1n) is 8.02. The number of hydrogen-bond donors (Lipinski definition) is 1. The zero-order valence-corrected chi connectivity index (χ0v) is 15.3. The minimum absolute atomic E-state index is 0.146. The molecule has 0 saturated heterocycles. The molecule has 0 unspecified atom stereocenters. The zero-order chi connectivity index (χ0) is 18.5. The Morgan fingerprint density at radius 1 is 1.23 bits per heavy atom. The van der Waals surface area contributed by atoms with Crippen LogP contribution in [0.4, 0.5) is 5.69 Å². The van der Waals surface area contributed by atoms with Crippen LogP contribution in [0, 0.1) is 25.2 Å². The molecule has 0 radical (unpaired) electrons. The Morgan fingerprint density at radius 2 is 2.08 bits per heavy atom.